The highest BCUT2D eigenvalue weighted by atomic mass is 32.2. The lowest BCUT2D eigenvalue weighted by atomic mass is 10.2. The standard InChI is InChI=1S/C23H17FN4O4S/c1-12-10-13(2)26-23(25-12)33-19-18(27-15-7-5-6-14(11-15)22(31)32)20(29)28(21(19)30)17-9-4-3-8-16(17)24/h3-11,27H,1-2H3,(H,31,32). The van der Waals surface area contributed by atoms with E-state index >= 15 is 0 Å². The Bertz CT molecular complexity index is 1320. The van der Waals surface area contributed by atoms with E-state index in [1.807, 2.05) is 0 Å². The Hall–Kier alpha value is -4.05. The fraction of sp³-hybridized carbons (Fsp3) is 0.0870. The summed E-state index contributed by atoms with van der Waals surface area (Å²) in [6.07, 6.45) is 0. The molecule has 10 heteroatoms. The first-order valence-electron chi connectivity index (χ1n) is 9.72. The number of carbonyl (C=O) groups excluding carboxylic acids is 2. The number of nitrogens with one attached hydrogen (secondary N) is 1. The van der Waals surface area contributed by atoms with Crippen molar-refractivity contribution in [3.05, 3.63) is 88.0 Å². The van der Waals surface area contributed by atoms with Crippen molar-refractivity contribution in [3.63, 3.8) is 0 Å². The Morgan fingerprint density at radius 1 is 1.00 bits per heavy atom. The van der Waals surface area contributed by atoms with Gasteiger partial charge in [0, 0.05) is 17.1 Å². The third-order valence-corrected chi connectivity index (χ3v) is 5.62. The van der Waals surface area contributed by atoms with Gasteiger partial charge in [-0.2, -0.15) is 0 Å². The number of aromatic carboxylic acids is 1. The van der Waals surface area contributed by atoms with Gasteiger partial charge in [0.2, 0.25) is 0 Å². The molecule has 0 saturated heterocycles. The van der Waals surface area contributed by atoms with Crippen molar-refractivity contribution in [1.82, 2.24) is 9.97 Å². The molecule has 166 valence electrons. The van der Waals surface area contributed by atoms with Crippen LogP contribution in [-0.2, 0) is 9.59 Å². The van der Waals surface area contributed by atoms with Crippen molar-refractivity contribution in [3.8, 4) is 0 Å². The van der Waals surface area contributed by atoms with Gasteiger partial charge in [-0.15, -0.1) is 0 Å². The van der Waals surface area contributed by atoms with Gasteiger partial charge in [-0.1, -0.05) is 18.2 Å². The van der Waals surface area contributed by atoms with Crippen LogP contribution in [0.2, 0.25) is 0 Å². The molecule has 8 nitrogen and oxygen atoms in total. The van der Waals surface area contributed by atoms with Crippen molar-refractivity contribution in [1.29, 1.82) is 0 Å². The second-order valence-corrected chi connectivity index (χ2v) is 8.13. The normalized spacial score (nSPS) is 13.6. The van der Waals surface area contributed by atoms with Crippen LogP contribution in [0.25, 0.3) is 0 Å². The van der Waals surface area contributed by atoms with Crippen LogP contribution in [0.3, 0.4) is 0 Å². The number of benzene rings is 2. The predicted molar refractivity (Wildman–Crippen MR) is 120 cm³/mol. The van der Waals surface area contributed by atoms with Crippen molar-refractivity contribution in [2.75, 3.05) is 10.2 Å². The smallest absolute Gasteiger partial charge is 0.335 e. The van der Waals surface area contributed by atoms with Gasteiger partial charge in [0.15, 0.2) is 5.16 Å². The molecular formula is C23H17FN4O4S. The van der Waals surface area contributed by atoms with Gasteiger partial charge in [0.05, 0.1) is 11.3 Å². The lowest BCUT2D eigenvalue weighted by Gasteiger charge is -2.16. The molecule has 1 aliphatic rings. The van der Waals surface area contributed by atoms with Crippen molar-refractivity contribution < 1.29 is 23.9 Å². The van der Waals surface area contributed by atoms with E-state index in [0.717, 1.165) is 22.7 Å². The van der Waals surface area contributed by atoms with E-state index in [2.05, 4.69) is 15.3 Å². The zero-order valence-electron chi connectivity index (χ0n) is 17.5. The molecule has 2 amide bonds. The van der Waals surface area contributed by atoms with E-state index in [1.165, 1.54) is 36.4 Å². The van der Waals surface area contributed by atoms with Crippen LogP contribution >= 0.6 is 11.8 Å². The molecule has 0 unspecified atom stereocenters. The number of aromatic nitrogens is 2. The van der Waals surface area contributed by atoms with E-state index < -0.39 is 23.6 Å². The number of nitrogens with zero attached hydrogens (tertiary/aromatic N) is 3. The number of para-hydroxylation sites is 1. The Kier molecular flexibility index (Phi) is 5.93. The summed E-state index contributed by atoms with van der Waals surface area (Å²) in [5, 5.41) is 12.3. The third-order valence-electron chi connectivity index (χ3n) is 4.67. The monoisotopic (exact) mass is 464 g/mol. The molecular weight excluding hydrogens is 447 g/mol. The molecule has 0 atom stereocenters. The SMILES string of the molecule is Cc1cc(C)nc(SC2=C(Nc3cccc(C(=O)O)c3)C(=O)N(c3ccccc3F)C2=O)n1. The maximum absolute atomic E-state index is 14.5. The molecule has 2 N–H and O–H groups in total. The number of carbonyl (C=O) groups is 3. The minimum atomic E-state index is -1.15. The molecule has 2 aromatic carbocycles. The number of imide groups is 1. The average Bonchev–Trinajstić information content (AvgIpc) is 2.98. The van der Waals surface area contributed by atoms with Gasteiger partial charge in [-0.25, -0.2) is 24.1 Å². The molecule has 0 radical (unpaired) electrons. The summed E-state index contributed by atoms with van der Waals surface area (Å²) in [7, 11) is 0. The second-order valence-electron chi connectivity index (χ2n) is 7.15. The van der Waals surface area contributed by atoms with E-state index in [-0.39, 0.29) is 32.7 Å². The average molecular weight is 464 g/mol. The summed E-state index contributed by atoms with van der Waals surface area (Å²) in [4.78, 5) is 47.2. The predicted octanol–water partition coefficient (Wildman–Crippen LogP) is 3.92. The summed E-state index contributed by atoms with van der Waals surface area (Å²) < 4.78 is 14.5. The zero-order valence-corrected chi connectivity index (χ0v) is 18.3. The lowest BCUT2D eigenvalue weighted by Crippen LogP contribution is -2.33. The third kappa shape index (κ3) is 4.46. The maximum atomic E-state index is 14.5. The topological polar surface area (TPSA) is 112 Å². The lowest BCUT2D eigenvalue weighted by molar-refractivity contribution is -0.120. The van der Waals surface area contributed by atoms with Crippen molar-refractivity contribution in [2.45, 2.75) is 19.0 Å². The highest BCUT2D eigenvalue weighted by Gasteiger charge is 2.41. The number of hydrogen-bond donors (Lipinski definition) is 2. The molecule has 0 spiro atoms. The van der Waals surface area contributed by atoms with Crippen LogP contribution in [0, 0.1) is 19.7 Å². The van der Waals surface area contributed by atoms with Gasteiger partial charge in [0.1, 0.15) is 16.4 Å². The minimum absolute atomic E-state index is 0.00447. The molecule has 33 heavy (non-hydrogen) atoms. The van der Waals surface area contributed by atoms with E-state index in [9.17, 15) is 23.9 Å². The Morgan fingerprint density at radius 2 is 1.70 bits per heavy atom. The van der Waals surface area contributed by atoms with Gasteiger partial charge in [0.25, 0.3) is 11.8 Å². The number of carboxylic acids is 1. The first kappa shape index (κ1) is 22.2. The Labute approximate surface area is 192 Å². The molecule has 0 bridgehead atoms. The van der Waals surface area contributed by atoms with E-state index in [0.29, 0.717) is 11.4 Å². The number of anilines is 2. The van der Waals surface area contributed by atoms with Gasteiger partial charge in [-0.3, -0.25) is 9.59 Å². The first-order valence-corrected chi connectivity index (χ1v) is 10.5. The highest BCUT2D eigenvalue weighted by molar-refractivity contribution is 8.04. The highest BCUT2D eigenvalue weighted by Crippen LogP contribution is 2.37. The fourth-order valence-corrected chi connectivity index (χ4v) is 4.25. The molecule has 0 saturated carbocycles. The summed E-state index contributed by atoms with van der Waals surface area (Å²) in [6, 6.07) is 13.0. The van der Waals surface area contributed by atoms with Crippen molar-refractivity contribution >= 4 is 40.9 Å². The largest absolute Gasteiger partial charge is 0.478 e. The zero-order chi connectivity index (χ0) is 23.7. The van der Waals surface area contributed by atoms with Crippen molar-refractivity contribution in [2.24, 2.45) is 0 Å². The number of carboxylic acid groups (broad SMARTS) is 1. The maximum Gasteiger partial charge on any atom is 0.335 e. The quantitative estimate of drug-likeness (QED) is 0.417. The summed E-state index contributed by atoms with van der Waals surface area (Å²) >= 11 is 0.878. The molecule has 2 heterocycles. The van der Waals surface area contributed by atoms with Gasteiger partial charge in [-0.05, 0) is 62.0 Å². The van der Waals surface area contributed by atoms with E-state index in [1.54, 1.807) is 26.0 Å². The molecule has 1 aromatic heterocycles. The molecule has 0 aliphatic carbocycles. The molecule has 3 aromatic rings. The summed E-state index contributed by atoms with van der Waals surface area (Å²) in [6.45, 7) is 3.55. The van der Waals surface area contributed by atoms with Crippen LogP contribution in [-0.4, -0.2) is 32.9 Å². The van der Waals surface area contributed by atoms with Crippen LogP contribution in [0.1, 0.15) is 21.7 Å². The second kappa shape index (κ2) is 8.83. The number of aryl methyl sites for hydroxylation is 2. The van der Waals surface area contributed by atoms with Gasteiger partial charge >= 0.3 is 5.97 Å². The number of halogens is 1. The van der Waals surface area contributed by atoms with Crippen LogP contribution in [0.5, 0.6) is 0 Å². The van der Waals surface area contributed by atoms with Crippen LogP contribution in [0.15, 0.2) is 70.4 Å². The van der Waals surface area contributed by atoms with E-state index in [4.69, 9.17) is 0 Å². The molecule has 1 aliphatic heterocycles. The summed E-state index contributed by atoms with van der Waals surface area (Å²) in [5.74, 6) is -3.40. The number of amides is 2. The van der Waals surface area contributed by atoms with Gasteiger partial charge < -0.3 is 10.4 Å². The molecule has 0 fully saturated rings. The first-order chi connectivity index (χ1) is 15.7. The number of hydrogen-bond acceptors (Lipinski definition) is 7. The van der Waals surface area contributed by atoms with Crippen LogP contribution < -0.4 is 10.2 Å². The minimum Gasteiger partial charge on any atom is -0.478 e. The Morgan fingerprint density at radius 3 is 2.36 bits per heavy atom. The molecule has 4 rings (SSSR count). The Balaban J connectivity index is 1.79. The summed E-state index contributed by atoms with van der Waals surface area (Å²) in [5.41, 5.74) is 1.31. The van der Waals surface area contributed by atoms with Crippen LogP contribution in [0.4, 0.5) is 15.8 Å². The number of thioether (sulfide) groups is 1. The fourth-order valence-electron chi connectivity index (χ4n) is 3.27. The number of rotatable bonds is 6.